The van der Waals surface area contributed by atoms with Crippen LogP contribution in [0.15, 0.2) is 62.1 Å². The van der Waals surface area contributed by atoms with Crippen molar-refractivity contribution in [1.29, 1.82) is 0 Å². The second-order valence-corrected chi connectivity index (χ2v) is 8.93. The van der Waals surface area contributed by atoms with Crippen molar-refractivity contribution in [2.45, 2.75) is 20.8 Å². The Kier molecular flexibility index (Phi) is 8.57. The van der Waals surface area contributed by atoms with Gasteiger partial charge in [-0.2, -0.15) is 0 Å². The Balaban J connectivity index is 2.08. The number of halogens is 1. The lowest BCUT2D eigenvalue weighted by molar-refractivity contribution is -0.138. The van der Waals surface area contributed by atoms with Gasteiger partial charge in [-0.3, -0.25) is 4.79 Å². The zero-order valence-electron chi connectivity index (χ0n) is 19.2. The number of thioether (sulfide) groups is 1. The second kappa shape index (κ2) is 11.4. The van der Waals surface area contributed by atoms with Crippen molar-refractivity contribution in [3.63, 3.8) is 0 Å². The molecule has 3 rings (SSSR count). The maximum Gasteiger partial charge on any atom is 0.344 e. The zero-order chi connectivity index (χ0) is 24.8. The third-order valence-corrected chi connectivity index (χ3v) is 6.52. The van der Waals surface area contributed by atoms with Crippen LogP contribution in [0.3, 0.4) is 0 Å². The minimum absolute atomic E-state index is 0.0742. The van der Waals surface area contributed by atoms with Crippen LogP contribution in [0.4, 0.5) is 0 Å². The first-order valence-corrected chi connectivity index (χ1v) is 12.1. The summed E-state index contributed by atoms with van der Waals surface area (Å²) in [7, 11) is 1.55. The third kappa shape index (κ3) is 5.53. The molecule has 0 aromatic heterocycles. The van der Waals surface area contributed by atoms with Gasteiger partial charge >= 0.3 is 5.97 Å². The molecule has 0 aliphatic carbocycles. The average Bonchev–Trinajstić information content (AvgIpc) is 3.10. The largest absolute Gasteiger partial charge is 0.506 e. The number of aliphatic hydroxyl groups excluding tert-OH is 1. The zero-order valence-corrected chi connectivity index (χ0v) is 21.6. The molecule has 0 saturated heterocycles. The Labute approximate surface area is 210 Å². The third-order valence-electron chi connectivity index (χ3n) is 4.82. The molecule has 1 heterocycles. The number of benzene rings is 2. The van der Waals surface area contributed by atoms with Crippen LogP contribution in [0.2, 0.25) is 0 Å². The number of hydrogen-bond acceptors (Lipinski definition) is 7. The summed E-state index contributed by atoms with van der Waals surface area (Å²) >= 11 is 4.52. The summed E-state index contributed by atoms with van der Waals surface area (Å²) in [6.07, 6.45) is 1.67. The Morgan fingerprint density at radius 2 is 1.88 bits per heavy atom. The molecule has 0 saturated carbocycles. The fourth-order valence-corrected chi connectivity index (χ4v) is 4.63. The highest BCUT2D eigenvalue weighted by Gasteiger charge is 2.34. The maximum absolute atomic E-state index is 12.8. The molecule has 1 aliphatic rings. The number of rotatable bonds is 7. The molecule has 0 bridgehead atoms. The van der Waals surface area contributed by atoms with Crippen LogP contribution < -0.4 is 9.47 Å². The summed E-state index contributed by atoms with van der Waals surface area (Å²) in [6.45, 7) is 5.88. The highest BCUT2D eigenvalue weighted by molar-refractivity contribution is 9.10. The summed E-state index contributed by atoms with van der Waals surface area (Å²) in [4.78, 5) is 30.0. The van der Waals surface area contributed by atoms with Gasteiger partial charge in [-0.15, -0.1) is 0 Å². The Bertz CT molecular complexity index is 1220. The van der Waals surface area contributed by atoms with E-state index < -0.39 is 11.9 Å². The molecule has 1 amide bonds. The van der Waals surface area contributed by atoms with Crippen LogP contribution in [-0.2, 0) is 9.53 Å². The number of methoxy groups -OCH3 is 1. The topological polar surface area (TPSA) is 94.4 Å². The number of aliphatic imine (C=N–C) groups is 1. The number of hydrogen-bond donors (Lipinski definition) is 1. The number of nitrogens with zero attached hydrogens (tertiary/aromatic N) is 1. The van der Waals surface area contributed by atoms with E-state index in [0.717, 1.165) is 17.3 Å². The van der Waals surface area contributed by atoms with Crippen molar-refractivity contribution in [3.8, 4) is 11.5 Å². The fraction of sp³-hybridized carbons (Fsp3) is 0.240. The minimum atomic E-state index is -0.754. The smallest absolute Gasteiger partial charge is 0.344 e. The normalized spacial score (nSPS) is 15.7. The number of carbonyl (C=O) groups is 2. The highest BCUT2D eigenvalue weighted by atomic mass is 79.9. The van der Waals surface area contributed by atoms with E-state index in [9.17, 15) is 14.7 Å². The van der Waals surface area contributed by atoms with Crippen molar-refractivity contribution in [2.75, 3.05) is 20.3 Å². The fourth-order valence-electron chi connectivity index (χ4n) is 3.19. The van der Waals surface area contributed by atoms with Crippen molar-refractivity contribution < 1.29 is 28.9 Å². The quantitative estimate of drug-likeness (QED) is 0.435. The lowest BCUT2D eigenvalue weighted by Gasteiger charge is -2.12. The molecule has 9 heteroatoms. The summed E-state index contributed by atoms with van der Waals surface area (Å²) in [5.41, 5.74) is 1.70. The van der Waals surface area contributed by atoms with E-state index in [-0.39, 0.29) is 23.0 Å². The molecule has 2 aromatic carbocycles. The van der Waals surface area contributed by atoms with Gasteiger partial charge in [-0.25, -0.2) is 9.79 Å². The first-order valence-electron chi connectivity index (χ1n) is 10.5. The van der Waals surface area contributed by atoms with Gasteiger partial charge in [0.25, 0.3) is 5.91 Å². The Hall–Kier alpha value is -3.04. The van der Waals surface area contributed by atoms with Crippen LogP contribution in [0.1, 0.15) is 35.3 Å². The molecule has 7 nitrogen and oxygen atoms in total. The van der Waals surface area contributed by atoms with E-state index in [2.05, 4.69) is 20.9 Å². The average molecular weight is 546 g/mol. The summed E-state index contributed by atoms with van der Waals surface area (Å²) in [5, 5.41) is 11.0. The molecular formula is C25H24BrNO6S. The van der Waals surface area contributed by atoms with Gasteiger partial charge in [0.1, 0.15) is 16.4 Å². The lowest BCUT2D eigenvalue weighted by atomic mass is 10.1. The van der Waals surface area contributed by atoms with E-state index in [4.69, 9.17) is 14.2 Å². The van der Waals surface area contributed by atoms with Crippen LogP contribution in [0, 0.1) is 6.92 Å². The van der Waals surface area contributed by atoms with Gasteiger partial charge < -0.3 is 19.3 Å². The lowest BCUT2D eigenvalue weighted by Crippen LogP contribution is -2.14. The van der Waals surface area contributed by atoms with E-state index in [0.29, 0.717) is 38.6 Å². The van der Waals surface area contributed by atoms with Gasteiger partial charge in [-0.1, -0.05) is 45.9 Å². The minimum Gasteiger partial charge on any atom is -0.506 e. The van der Waals surface area contributed by atoms with Gasteiger partial charge in [0.05, 0.1) is 25.2 Å². The number of aryl methyl sites for hydroxylation is 1. The number of aliphatic hydroxyl groups is 1. The highest BCUT2D eigenvalue weighted by Crippen LogP contribution is 2.42. The predicted octanol–water partition coefficient (Wildman–Crippen LogP) is 5.87. The SMILES string of the molecule is CCOC(=O)C1=C(O)/C(=C/c2cc(OCC)c(OC)cc2Br)SC1=NC(=O)c1ccccc1C. The molecule has 2 aromatic rings. The molecule has 178 valence electrons. The van der Waals surface area contributed by atoms with Gasteiger partial charge in [-0.05, 0) is 56.2 Å². The number of ether oxygens (including phenoxy) is 3. The molecule has 34 heavy (non-hydrogen) atoms. The molecular weight excluding hydrogens is 522 g/mol. The van der Waals surface area contributed by atoms with E-state index in [1.807, 2.05) is 13.0 Å². The summed E-state index contributed by atoms with van der Waals surface area (Å²) < 4.78 is 16.8. The standard InChI is InChI=1S/C25H24BrNO6S/c1-5-32-19-11-15(17(26)13-18(19)31-4)12-20-22(28)21(25(30)33-6-2)24(34-20)27-23(29)16-10-8-7-9-14(16)3/h7-13,28H,5-6H2,1-4H3/b20-12-,27-24?. The van der Waals surface area contributed by atoms with Gasteiger partial charge in [0, 0.05) is 10.0 Å². The molecule has 1 N–H and O–H groups in total. The van der Waals surface area contributed by atoms with Crippen LogP contribution >= 0.6 is 27.7 Å². The second-order valence-electron chi connectivity index (χ2n) is 7.05. The van der Waals surface area contributed by atoms with E-state index in [1.54, 1.807) is 57.4 Å². The van der Waals surface area contributed by atoms with Crippen LogP contribution in [0.25, 0.3) is 6.08 Å². The first-order chi connectivity index (χ1) is 16.3. The molecule has 1 aliphatic heterocycles. The van der Waals surface area contributed by atoms with Crippen LogP contribution in [0.5, 0.6) is 11.5 Å². The summed E-state index contributed by atoms with van der Waals surface area (Å²) in [5.74, 6) is -0.494. The molecule has 0 fully saturated rings. The number of esters is 1. The predicted molar refractivity (Wildman–Crippen MR) is 137 cm³/mol. The Morgan fingerprint density at radius 3 is 2.53 bits per heavy atom. The Morgan fingerprint density at radius 1 is 1.15 bits per heavy atom. The monoisotopic (exact) mass is 545 g/mol. The molecule has 0 unspecified atom stereocenters. The van der Waals surface area contributed by atoms with Gasteiger partial charge in [0.15, 0.2) is 11.5 Å². The number of amides is 1. The van der Waals surface area contributed by atoms with Crippen molar-refractivity contribution >= 4 is 50.7 Å². The molecule has 0 atom stereocenters. The molecule has 0 radical (unpaired) electrons. The van der Waals surface area contributed by atoms with E-state index in [1.165, 1.54) is 0 Å². The molecule has 0 spiro atoms. The first kappa shape index (κ1) is 25.6. The maximum atomic E-state index is 12.8. The summed E-state index contributed by atoms with van der Waals surface area (Å²) in [6, 6.07) is 10.5. The van der Waals surface area contributed by atoms with Crippen molar-refractivity contribution in [2.24, 2.45) is 4.99 Å². The van der Waals surface area contributed by atoms with Crippen molar-refractivity contribution in [1.82, 2.24) is 0 Å². The van der Waals surface area contributed by atoms with Gasteiger partial charge in [0.2, 0.25) is 0 Å². The van der Waals surface area contributed by atoms with E-state index >= 15 is 0 Å². The van der Waals surface area contributed by atoms with Crippen molar-refractivity contribution in [3.05, 3.63) is 73.8 Å². The van der Waals surface area contributed by atoms with Crippen LogP contribution in [-0.4, -0.2) is 42.4 Å². The number of carbonyl (C=O) groups excluding carboxylic acids is 2.